The van der Waals surface area contributed by atoms with E-state index in [-0.39, 0.29) is 64.5 Å². The van der Waals surface area contributed by atoms with Gasteiger partial charge in [-0.05, 0) is 178 Å². The summed E-state index contributed by atoms with van der Waals surface area (Å²) in [6.07, 6.45) is 12.7. The molecular weight excluding hydrogens is 1210 g/mol. The van der Waals surface area contributed by atoms with Crippen molar-refractivity contribution in [3.63, 3.8) is 0 Å². The van der Waals surface area contributed by atoms with Crippen molar-refractivity contribution < 1.29 is 28.7 Å². The van der Waals surface area contributed by atoms with Gasteiger partial charge < -0.3 is 4.74 Å². The molecule has 6 nitrogen and oxygen atoms in total. The predicted molar refractivity (Wildman–Crippen MR) is 396 cm³/mol. The average molecular weight is 1310 g/mol. The van der Waals surface area contributed by atoms with Gasteiger partial charge in [0.15, 0.2) is 26.2 Å². The molecule has 0 radical (unpaired) electrons. The molecule has 3 unspecified atom stereocenters. The summed E-state index contributed by atoms with van der Waals surface area (Å²) in [5.41, 5.74) is 7.01. The molecular formula is C79H105O6S5+5. The van der Waals surface area contributed by atoms with Crippen LogP contribution in [0.5, 0.6) is 11.5 Å². The third-order valence-electron chi connectivity index (χ3n) is 17.6. The number of ketones is 5. The van der Waals surface area contributed by atoms with Crippen molar-refractivity contribution in [3.8, 4) is 11.5 Å². The van der Waals surface area contributed by atoms with Crippen LogP contribution in [0.25, 0.3) is 0 Å². The van der Waals surface area contributed by atoms with Crippen LogP contribution in [0.1, 0.15) is 190 Å². The fourth-order valence-corrected chi connectivity index (χ4v) is 26.3. The molecule has 0 amide bonds. The molecule has 11 rings (SSSR count). The van der Waals surface area contributed by atoms with E-state index in [0.29, 0.717) is 50.2 Å². The van der Waals surface area contributed by atoms with Gasteiger partial charge in [0.1, 0.15) is 69.0 Å². The molecule has 0 bridgehead atoms. The maximum atomic E-state index is 12.9. The molecule has 6 aromatic carbocycles. The number of benzene rings is 6. The van der Waals surface area contributed by atoms with Crippen LogP contribution in [0.15, 0.2) is 164 Å². The summed E-state index contributed by atoms with van der Waals surface area (Å²) < 4.78 is 5.57. The van der Waals surface area contributed by atoms with E-state index in [9.17, 15) is 24.0 Å². The minimum atomic E-state index is -0.169. The minimum absolute atomic E-state index is 0.0298. The Bertz CT molecular complexity index is 3160. The number of carbonyl (C=O) groups excluding carboxylic acids is 5. The van der Waals surface area contributed by atoms with Crippen LogP contribution in [-0.2, 0) is 60.9 Å². The smallest absolute Gasteiger partial charge is 0.217 e. The Labute approximate surface area is 557 Å². The number of aryl methyl sites for hydroxylation is 2. The van der Waals surface area contributed by atoms with Gasteiger partial charge in [0, 0.05) is 56.0 Å². The first-order chi connectivity index (χ1) is 43.1. The summed E-state index contributed by atoms with van der Waals surface area (Å²) >= 11 is 0. The lowest BCUT2D eigenvalue weighted by Gasteiger charge is -2.28. The molecule has 0 saturated carbocycles. The van der Waals surface area contributed by atoms with Crippen molar-refractivity contribution in [1.29, 1.82) is 0 Å². The first-order valence-corrected chi connectivity index (χ1v) is 41.4. The fourth-order valence-electron chi connectivity index (χ4n) is 12.7. The second-order valence-electron chi connectivity index (χ2n) is 27.0. The molecule has 0 aromatic heterocycles. The number of carbonyl (C=O) groups is 5. The molecule has 4 saturated heterocycles. The van der Waals surface area contributed by atoms with Gasteiger partial charge in [-0.15, -0.1) is 0 Å². The number of rotatable bonds is 17. The van der Waals surface area contributed by atoms with Crippen LogP contribution < -0.4 is 4.74 Å². The first kappa shape index (κ1) is 72.6. The van der Waals surface area contributed by atoms with Gasteiger partial charge >= 0.3 is 0 Å². The average Bonchev–Trinajstić information content (AvgIpc) is 1.61. The highest BCUT2D eigenvalue weighted by Crippen LogP contribution is 2.36. The van der Waals surface area contributed by atoms with Crippen molar-refractivity contribution in [3.05, 3.63) is 203 Å². The second-order valence-corrected chi connectivity index (χ2v) is 39.6. The van der Waals surface area contributed by atoms with Gasteiger partial charge in [0.25, 0.3) is 0 Å². The molecule has 4 heterocycles. The van der Waals surface area contributed by atoms with Crippen LogP contribution in [0.3, 0.4) is 0 Å². The van der Waals surface area contributed by atoms with Crippen molar-refractivity contribution in [2.45, 2.75) is 161 Å². The number of hydrogen-bond acceptors (Lipinski definition) is 6. The second kappa shape index (κ2) is 35.5. The lowest BCUT2D eigenvalue weighted by molar-refractivity contribution is 0.0940. The van der Waals surface area contributed by atoms with E-state index in [0.717, 1.165) is 69.4 Å². The Balaban J connectivity index is 0.000000161. The Morgan fingerprint density at radius 3 is 1.52 bits per heavy atom. The van der Waals surface area contributed by atoms with Gasteiger partial charge in [-0.2, -0.15) is 0 Å². The summed E-state index contributed by atoms with van der Waals surface area (Å²) in [5.74, 6) is 16.2. The van der Waals surface area contributed by atoms with E-state index in [2.05, 4.69) is 82.2 Å². The molecule has 4 aliphatic heterocycles. The minimum Gasteiger partial charge on any atom is -0.457 e. The molecule has 11 heteroatoms. The summed E-state index contributed by atoms with van der Waals surface area (Å²) in [7, 11) is 1.46. The highest BCUT2D eigenvalue weighted by molar-refractivity contribution is 7.99. The molecule has 6 aromatic rings. The Morgan fingerprint density at radius 1 is 0.511 bits per heavy atom. The Kier molecular flexibility index (Phi) is 28.6. The number of hydrogen-bond donors (Lipinski definition) is 0. The normalized spacial score (nSPS) is 17.9. The number of ether oxygens (including phenoxy) is 1. The van der Waals surface area contributed by atoms with Gasteiger partial charge in [-0.25, -0.2) is 0 Å². The molecule has 4 fully saturated rings. The molecule has 0 spiro atoms. The maximum absolute atomic E-state index is 12.9. The van der Waals surface area contributed by atoms with E-state index in [1.807, 2.05) is 158 Å². The molecule has 90 heavy (non-hydrogen) atoms. The largest absolute Gasteiger partial charge is 0.457 e. The number of fused-ring (bicyclic) bond motifs is 1. The van der Waals surface area contributed by atoms with Crippen LogP contribution in [-0.4, -0.2) is 113 Å². The van der Waals surface area contributed by atoms with E-state index in [4.69, 9.17) is 4.74 Å². The predicted octanol–water partition coefficient (Wildman–Crippen LogP) is 17.7. The third kappa shape index (κ3) is 21.1. The zero-order valence-electron chi connectivity index (χ0n) is 56.2. The monoisotopic (exact) mass is 1310 g/mol. The summed E-state index contributed by atoms with van der Waals surface area (Å²) in [6, 6.07) is 52.9. The highest BCUT2D eigenvalue weighted by atomic mass is 32.2. The maximum Gasteiger partial charge on any atom is 0.217 e. The molecule has 0 N–H and O–H groups in total. The zero-order chi connectivity index (χ0) is 64.8. The number of para-hydroxylation sites is 1. The van der Waals surface area contributed by atoms with E-state index in [1.165, 1.54) is 109 Å². The summed E-state index contributed by atoms with van der Waals surface area (Å²) in [4.78, 5) is 62.8. The van der Waals surface area contributed by atoms with Gasteiger partial charge in [0.2, 0.25) is 28.9 Å². The van der Waals surface area contributed by atoms with E-state index < -0.39 is 0 Å². The van der Waals surface area contributed by atoms with Gasteiger partial charge in [0.05, 0.1) is 0 Å². The van der Waals surface area contributed by atoms with Crippen LogP contribution in [0, 0.1) is 17.8 Å². The molecule has 5 aliphatic rings. The van der Waals surface area contributed by atoms with E-state index >= 15 is 0 Å². The van der Waals surface area contributed by atoms with Crippen molar-refractivity contribution in [2.24, 2.45) is 10.8 Å². The Hall–Kier alpha value is -4.78. The van der Waals surface area contributed by atoms with Crippen LogP contribution in [0.2, 0.25) is 0 Å². The molecule has 3 atom stereocenters. The topological polar surface area (TPSA) is 94.6 Å². The third-order valence-corrected chi connectivity index (χ3v) is 32.3. The highest BCUT2D eigenvalue weighted by Gasteiger charge is 2.49. The Morgan fingerprint density at radius 2 is 0.978 bits per heavy atom. The first-order valence-electron chi connectivity index (χ1n) is 33.2. The quantitative estimate of drug-likeness (QED) is 0.0667. The zero-order valence-corrected chi connectivity index (χ0v) is 60.2. The van der Waals surface area contributed by atoms with Gasteiger partial charge in [-0.3, -0.25) is 24.0 Å². The van der Waals surface area contributed by atoms with Crippen LogP contribution in [0.4, 0.5) is 0 Å². The van der Waals surface area contributed by atoms with Crippen LogP contribution >= 0.6 is 0 Å². The van der Waals surface area contributed by atoms with Gasteiger partial charge in [-0.1, -0.05) is 174 Å². The molecule has 1 aliphatic carbocycles. The summed E-state index contributed by atoms with van der Waals surface area (Å²) in [6.45, 7) is 23.9. The lowest BCUT2D eigenvalue weighted by atomic mass is 9.87. The number of Topliss-reactive ketones (excluding diaryl/α,β-unsaturated/α-hetero) is 5. The van der Waals surface area contributed by atoms with Crippen molar-refractivity contribution in [1.82, 2.24) is 0 Å². The SMILES string of the molecule is CC(C)(C(=O)c1ccccc1)[S+]1CCCC1.CC[S+](CC)C(C(=O)c1ccccc1)C(C)(C)C.Cc1ccc(C(=O)C([S+]2CCCC2)C(C)(C)C)cc1.O=C(C[S+]1CCCC1)c1ccc(Oc2ccccc2)cc1.O=C1c2ccccc2CCC1[S+]1CCCC1. The van der Waals surface area contributed by atoms with Crippen molar-refractivity contribution in [2.75, 3.05) is 63.3 Å². The molecule has 482 valence electrons. The fraction of sp³-hybridized carbons (Fsp3) is 0.481. The van der Waals surface area contributed by atoms with Crippen molar-refractivity contribution >= 4 is 83.4 Å². The standard InChI is InChI=1S/C18H19O2S.C17H25OS.C16H25OS.C14H17OS.C14H19OS/c19-18(14-21-12-4-5-13-21)15-8-10-17(11-9-15)20-16-6-2-1-3-7-16;1-13-7-9-14(10-8-13)15(18)16(17(2,3)4)19-11-5-6-12-19;1-6-18(7-2)15(16(3,4)5)14(17)13-11-9-8-10-12-13;15-14-12-6-2-1-5-11(12)7-8-13(14)16-9-3-4-10-16;1-14(2,16-10-6-7-11-16)13(15)12-8-4-3-5-9-12/h1-3,6-11H,4-5,12-14H2;7-10,16H,5-6,11-12H2,1-4H3;8-12,15H,6-7H2,1-5H3;1-2,5-6,13H,3-4,7-10H2;3-5,8-9H,6-7,10-11H2,1-2H3/q5*+1. The lowest BCUT2D eigenvalue weighted by Crippen LogP contribution is -2.43. The van der Waals surface area contributed by atoms with E-state index in [1.54, 1.807) is 0 Å². The summed E-state index contributed by atoms with van der Waals surface area (Å²) in [5, 5.41) is 0.685.